The van der Waals surface area contributed by atoms with Gasteiger partial charge in [-0.3, -0.25) is 0 Å². The molecule has 11 heavy (non-hydrogen) atoms. The second kappa shape index (κ2) is 5.16. The molecule has 1 atom stereocenters. The molecule has 0 amide bonds. The van der Waals surface area contributed by atoms with Crippen molar-refractivity contribution >= 4 is 17.6 Å². The van der Waals surface area contributed by atoms with Crippen LogP contribution < -0.4 is 0 Å². The molecule has 0 rings (SSSR count). The Hall–Kier alpha value is -0.540. The molecule has 1 unspecified atom stereocenters. The van der Waals surface area contributed by atoms with Gasteiger partial charge in [-0.15, -0.1) is 0 Å². The average Bonchev–Trinajstić information content (AvgIpc) is 1.87. The van der Waals surface area contributed by atoms with Crippen LogP contribution in [0.5, 0.6) is 0 Å². The third-order valence-corrected chi connectivity index (χ3v) is 1.25. The van der Waals surface area contributed by atoms with Crippen molar-refractivity contribution in [3.8, 4) is 0 Å². The summed E-state index contributed by atoms with van der Waals surface area (Å²) in [4.78, 5) is 10.7. The Morgan fingerprint density at radius 3 is 2.73 bits per heavy atom. The van der Waals surface area contributed by atoms with Gasteiger partial charge in [-0.2, -0.15) is 0 Å². The molecule has 0 bridgehead atoms. The fraction of sp³-hybridized carbons (Fsp3) is 0.571. The first-order valence-electron chi connectivity index (χ1n) is 3.19. The van der Waals surface area contributed by atoms with Crippen LogP contribution in [-0.4, -0.2) is 23.2 Å². The summed E-state index contributed by atoms with van der Waals surface area (Å²) in [6, 6.07) is 0. The molecule has 1 N–H and O–H groups in total. The maximum absolute atomic E-state index is 10.7. The van der Waals surface area contributed by atoms with Gasteiger partial charge in [-0.05, 0) is 6.92 Å². The van der Waals surface area contributed by atoms with E-state index in [9.17, 15) is 4.79 Å². The van der Waals surface area contributed by atoms with Crippen LogP contribution in [0.15, 0.2) is 12.2 Å². The van der Waals surface area contributed by atoms with Gasteiger partial charge in [0.05, 0.1) is 0 Å². The smallest absolute Gasteiger partial charge is 0.334 e. The zero-order valence-electron chi connectivity index (χ0n) is 6.34. The van der Waals surface area contributed by atoms with Gasteiger partial charge >= 0.3 is 5.97 Å². The van der Waals surface area contributed by atoms with Crippen LogP contribution in [-0.2, 0) is 9.53 Å². The van der Waals surface area contributed by atoms with Crippen molar-refractivity contribution in [2.24, 2.45) is 0 Å². The third-order valence-electron chi connectivity index (χ3n) is 0.939. The van der Waals surface area contributed by atoms with E-state index in [2.05, 4.69) is 11.3 Å². The van der Waals surface area contributed by atoms with Crippen molar-refractivity contribution in [3.05, 3.63) is 12.2 Å². The standard InChI is InChI=1S/C7H11ClO3/c1-5(2)7(10)11-6(8)3-4-9/h6,9H,1,3-4H2,2H3. The van der Waals surface area contributed by atoms with E-state index >= 15 is 0 Å². The first kappa shape index (κ1) is 10.5. The second-order valence-corrected chi connectivity index (χ2v) is 2.59. The monoisotopic (exact) mass is 178 g/mol. The molecule has 0 aromatic carbocycles. The molecule has 0 spiro atoms. The van der Waals surface area contributed by atoms with E-state index in [0.717, 1.165) is 0 Å². The predicted molar refractivity (Wildman–Crippen MR) is 42.2 cm³/mol. The number of rotatable bonds is 4. The van der Waals surface area contributed by atoms with E-state index in [1.165, 1.54) is 6.92 Å². The quantitative estimate of drug-likeness (QED) is 0.398. The highest BCUT2D eigenvalue weighted by Crippen LogP contribution is 2.05. The summed E-state index contributed by atoms with van der Waals surface area (Å²) in [6.45, 7) is 4.81. The van der Waals surface area contributed by atoms with Crippen LogP contribution in [0.25, 0.3) is 0 Å². The molecule has 0 fully saturated rings. The lowest BCUT2D eigenvalue weighted by Crippen LogP contribution is -2.14. The second-order valence-electron chi connectivity index (χ2n) is 2.11. The minimum Gasteiger partial charge on any atom is -0.443 e. The molecular formula is C7H11ClO3. The van der Waals surface area contributed by atoms with Gasteiger partial charge in [-0.1, -0.05) is 18.2 Å². The molecule has 0 heterocycles. The Morgan fingerprint density at radius 1 is 1.82 bits per heavy atom. The largest absolute Gasteiger partial charge is 0.443 e. The van der Waals surface area contributed by atoms with E-state index in [-0.39, 0.29) is 13.0 Å². The Bertz CT molecular complexity index is 156. The molecule has 0 aliphatic heterocycles. The van der Waals surface area contributed by atoms with Gasteiger partial charge in [-0.25, -0.2) is 4.79 Å². The summed E-state index contributed by atoms with van der Waals surface area (Å²) in [7, 11) is 0. The highest BCUT2D eigenvalue weighted by atomic mass is 35.5. The van der Waals surface area contributed by atoms with Crippen LogP contribution in [0.3, 0.4) is 0 Å². The van der Waals surface area contributed by atoms with E-state index in [1.54, 1.807) is 0 Å². The molecule has 4 heteroatoms. The number of alkyl halides is 1. The number of esters is 1. The zero-order chi connectivity index (χ0) is 8.85. The lowest BCUT2D eigenvalue weighted by molar-refractivity contribution is -0.141. The van der Waals surface area contributed by atoms with E-state index in [0.29, 0.717) is 5.57 Å². The molecule has 64 valence electrons. The third kappa shape index (κ3) is 4.81. The first-order chi connectivity index (χ1) is 5.07. The van der Waals surface area contributed by atoms with Crippen molar-refractivity contribution < 1.29 is 14.6 Å². The number of halogens is 1. The fourth-order valence-corrected chi connectivity index (χ4v) is 0.556. The van der Waals surface area contributed by atoms with Gasteiger partial charge < -0.3 is 9.84 Å². The molecule has 0 aliphatic rings. The summed E-state index contributed by atoms with van der Waals surface area (Å²) in [5.74, 6) is -0.529. The molecule has 0 saturated carbocycles. The topological polar surface area (TPSA) is 46.5 Å². The van der Waals surface area contributed by atoms with Crippen molar-refractivity contribution in [1.82, 2.24) is 0 Å². The number of hydrogen-bond donors (Lipinski definition) is 1. The fourth-order valence-electron chi connectivity index (χ4n) is 0.377. The lowest BCUT2D eigenvalue weighted by atomic mass is 10.4. The average molecular weight is 179 g/mol. The van der Waals surface area contributed by atoms with E-state index in [1.807, 2.05) is 0 Å². The van der Waals surface area contributed by atoms with Crippen molar-refractivity contribution in [2.45, 2.75) is 18.9 Å². The molecule has 0 aliphatic carbocycles. The van der Waals surface area contributed by atoms with E-state index in [4.69, 9.17) is 16.7 Å². The van der Waals surface area contributed by atoms with Crippen LogP contribution in [0, 0.1) is 0 Å². The van der Waals surface area contributed by atoms with Gasteiger partial charge in [0.25, 0.3) is 0 Å². The van der Waals surface area contributed by atoms with Crippen LogP contribution in [0.2, 0.25) is 0 Å². The van der Waals surface area contributed by atoms with Crippen molar-refractivity contribution in [1.29, 1.82) is 0 Å². The number of ether oxygens (including phenoxy) is 1. The molecular weight excluding hydrogens is 168 g/mol. The summed E-state index contributed by atoms with van der Waals surface area (Å²) < 4.78 is 4.62. The number of aliphatic hydroxyl groups excluding tert-OH is 1. The highest BCUT2D eigenvalue weighted by molar-refractivity contribution is 6.20. The number of aliphatic hydroxyl groups is 1. The minimum absolute atomic E-state index is 0.0996. The summed E-state index contributed by atoms with van der Waals surface area (Å²) in [5, 5.41) is 8.39. The Kier molecular flexibility index (Phi) is 4.90. The Labute approximate surface area is 70.6 Å². The molecule has 0 aromatic heterocycles. The summed E-state index contributed by atoms with van der Waals surface area (Å²) >= 11 is 5.48. The maximum Gasteiger partial charge on any atom is 0.334 e. The highest BCUT2D eigenvalue weighted by Gasteiger charge is 2.10. The van der Waals surface area contributed by atoms with Crippen molar-refractivity contribution in [3.63, 3.8) is 0 Å². The Balaban J connectivity index is 3.66. The van der Waals surface area contributed by atoms with Crippen molar-refractivity contribution in [2.75, 3.05) is 6.61 Å². The Morgan fingerprint density at radius 2 is 2.36 bits per heavy atom. The lowest BCUT2D eigenvalue weighted by Gasteiger charge is -2.08. The number of hydrogen-bond acceptors (Lipinski definition) is 3. The normalized spacial score (nSPS) is 12.3. The minimum atomic E-state index is -0.760. The number of carbonyl (C=O) groups is 1. The zero-order valence-corrected chi connectivity index (χ0v) is 7.10. The van der Waals surface area contributed by atoms with Gasteiger partial charge in [0, 0.05) is 18.6 Å². The first-order valence-corrected chi connectivity index (χ1v) is 3.63. The van der Waals surface area contributed by atoms with Gasteiger partial charge in [0.2, 0.25) is 0 Å². The number of carbonyl (C=O) groups excluding carboxylic acids is 1. The predicted octanol–water partition coefficient (Wildman–Crippen LogP) is 1.05. The maximum atomic E-state index is 10.7. The van der Waals surface area contributed by atoms with Gasteiger partial charge in [0.1, 0.15) is 0 Å². The summed E-state index contributed by atoms with van der Waals surface area (Å²) in [5.41, 5.74) is -0.460. The molecule has 0 radical (unpaired) electrons. The van der Waals surface area contributed by atoms with Crippen LogP contribution >= 0.6 is 11.6 Å². The summed E-state index contributed by atoms with van der Waals surface area (Å²) in [6.07, 6.45) is 0.237. The van der Waals surface area contributed by atoms with Crippen LogP contribution in [0.4, 0.5) is 0 Å². The molecule has 0 aromatic rings. The van der Waals surface area contributed by atoms with Gasteiger partial charge in [0.15, 0.2) is 5.56 Å². The SMILES string of the molecule is C=C(C)C(=O)OC(Cl)CCO. The molecule has 3 nitrogen and oxygen atoms in total. The van der Waals surface area contributed by atoms with Crippen LogP contribution in [0.1, 0.15) is 13.3 Å². The van der Waals surface area contributed by atoms with E-state index < -0.39 is 11.5 Å². The molecule has 0 saturated heterocycles.